The summed E-state index contributed by atoms with van der Waals surface area (Å²) in [6, 6.07) is 15.6. The van der Waals surface area contributed by atoms with Crippen LogP contribution in [0.3, 0.4) is 0 Å². The molecule has 0 heterocycles. The topological polar surface area (TPSA) is 26.3 Å². The number of carbonyl (C=O) groups is 1. The molecule has 0 saturated carbocycles. The summed E-state index contributed by atoms with van der Waals surface area (Å²) in [4.78, 5) is 10.9. The van der Waals surface area contributed by atoms with Crippen molar-refractivity contribution >= 4 is 6.29 Å². The van der Waals surface area contributed by atoms with Gasteiger partial charge in [-0.05, 0) is 28.7 Å². The minimum atomic E-state index is 0.142. The fraction of sp³-hybridized carbons (Fsp3) is 0.278. The number of ether oxygens (including phenoxy) is 1. The highest BCUT2D eigenvalue weighted by molar-refractivity contribution is 5.77. The van der Waals surface area contributed by atoms with Crippen molar-refractivity contribution in [2.24, 2.45) is 0 Å². The molecule has 0 radical (unpaired) electrons. The number of benzene rings is 2. The fourth-order valence-electron chi connectivity index (χ4n) is 1.99. The van der Waals surface area contributed by atoms with Gasteiger partial charge in [-0.2, -0.15) is 0 Å². The first kappa shape index (κ1) is 14.3. The number of hydrogen-bond donors (Lipinski definition) is 0. The summed E-state index contributed by atoms with van der Waals surface area (Å²) >= 11 is 0. The Morgan fingerprint density at radius 2 is 1.65 bits per heavy atom. The number of hydrogen-bond acceptors (Lipinski definition) is 2. The molecule has 0 aromatic heterocycles. The largest absolute Gasteiger partial charge is 0.489 e. The first-order valence-electron chi connectivity index (χ1n) is 6.77. The standard InChI is InChI=1S/C18H20O2/c1-18(2,3)16-8-10-17(11-9-16)20-13-15-7-5-4-6-14(15)12-19/h4-12H,13H2,1-3H3. The molecule has 0 bridgehead atoms. The van der Waals surface area contributed by atoms with Gasteiger partial charge in [0.25, 0.3) is 0 Å². The van der Waals surface area contributed by atoms with Gasteiger partial charge in [-0.25, -0.2) is 0 Å². The molecule has 2 heteroatoms. The van der Waals surface area contributed by atoms with Crippen LogP contribution in [0, 0.1) is 0 Å². The smallest absolute Gasteiger partial charge is 0.150 e. The van der Waals surface area contributed by atoms with Crippen LogP contribution in [-0.2, 0) is 12.0 Å². The Hall–Kier alpha value is -2.09. The molecular formula is C18H20O2. The summed E-state index contributed by atoms with van der Waals surface area (Å²) in [5, 5.41) is 0. The zero-order chi connectivity index (χ0) is 14.6. The summed E-state index contributed by atoms with van der Waals surface area (Å²) in [5.74, 6) is 0.818. The van der Waals surface area contributed by atoms with Crippen LogP contribution in [0.4, 0.5) is 0 Å². The average molecular weight is 268 g/mol. The maximum absolute atomic E-state index is 10.9. The number of carbonyl (C=O) groups excluding carboxylic acids is 1. The second-order valence-electron chi connectivity index (χ2n) is 5.88. The lowest BCUT2D eigenvalue weighted by molar-refractivity contribution is 0.112. The molecule has 2 rings (SSSR count). The van der Waals surface area contributed by atoms with Crippen molar-refractivity contribution in [1.29, 1.82) is 0 Å². The Balaban J connectivity index is 2.06. The van der Waals surface area contributed by atoms with Gasteiger partial charge in [0.2, 0.25) is 0 Å². The Morgan fingerprint density at radius 1 is 1.00 bits per heavy atom. The van der Waals surface area contributed by atoms with Crippen LogP contribution in [0.25, 0.3) is 0 Å². The van der Waals surface area contributed by atoms with Gasteiger partial charge in [-0.15, -0.1) is 0 Å². The molecule has 20 heavy (non-hydrogen) atoms. The lowest BCUT2D eigenvalue weighted by atomic mass is 9.87. The Bertz CT molecular complexity index is 577. The third kappa shape index (κ3) is 3.47. The van der Waals surface area contributed by atoms with Gasteiger partial charge in [0.1, 0.15) is 18.6 Å². The minimum absolute atomic E-state index is 0.142. The average Bonchev–Trinajstić information content (AvgIpc) is 2.45. The first-order chi connectivity index (χ1) is 9.50. The summed E-state index contributed by atoms with van der Waals surface area (Å²) in [6.45, 7) is 6.96. The van der Waals surface area contributed by atoms with Gasteiger partial charge in [-0.1, -0.05) is 57.2 Å². The van der Waals surface area contributed by atoms with Crippen molar-refractivity contribution in [3.8, 4) is 5.75 Å². The Labute approximate surface area is 120 Å². The van der Waals surface area contributed by atoms with Gasteiger partial charge in [0.05, 0.1) is 0 Å². The van der Waals surface area contributed by atoms with E-state index in [1.165, 1.54) is 5.56 Å². The molecule has 0 aliphatic heterocycles. The van der Waals surface area contributed by atoms with Crippen LogP contribution >= 0.6 is 0 Å². The molecular weight excluding hydrogens is 248 g/mol. The molecule has 0 spiro atoms. The molecule has 0 unspecified atom stereocenters. The zero-order valence-corrected chi connectivity index (χ0v) is 12.2. The first-order valence-corrected chi connectivity index (χ1v) is 6.77. The third-order valence-electron chi connectivity index (χ3n) is 3.30. The Morgan fingerprint density at radius 3 is 2.25 bits per heavy atom. The van der Waals surface area contributed by atoms with Crippen molar-refractivity contribution in [3.05, 3.63) is 65.2 Å². The Kier molecular flexibility index (Phi) is 4.23. The SMILES string of the molecule is CC(C)(C)c1ccc(OCc2ccccc2C=O)cc1. The second kappa shape index (κ2) is 5.91. The monoisotopic (exact) mass is 268 g/mol. The second-order valence-corrected chi connectivity index (χ2v) is 5.88. The summed E-state index contributed by atoms with van der Waals surface area (Å²) < 4.78 is 5.74. The van der Waals surface area contributed by atoms with Crippen molar-refractivity contribution in [1.82, 2.24) is 0 Å². The van der Waals surface area contributed by atoms with E-state index in [2.05, 4.69) is 32.9 Å². The van der Waals surface area contributed by atoms with E-state index in [0.29, 0.717) is 12.2 Å². The molecule has 0 saturated heterocycles. The third-order valence-corrected chi connectivity index (χ3v) is 3.30. The van der Waals surface area contributed by atoms with E-state index >= 15 is 0 Å². The van der Waals surface area contributed by atoms with Crippen molar-refractivity contribution < 1.29 is 9.53 Å². The van der Waals surface area contributed by atoms with Gasteiger partial charge in [-0.3, -0.25) is 4.79 Å². The van der Waals surface area contributed by atoms with Gasteiger partial charge < -0.3 is 4.74 Å². The minimum Gasteiger partial charge on any atom is -0.489 e. The van der Waals surface area contributed by atoms with E-state index in [1.807, 2.05) is 30.3 Å². The van der Waals surface area contributed by atoms with E-state index in [9.17, 15) is 4.79 Å². The molecule has 2 aromatic carbocycles. The molecule has 2 aromatic rings. The molecule has 0 atom stereocenters. The quantitative estimate of drug-likeness (QED) is 0.769. The molecule has 0 fully saturated rings. The highest BCUT2D eigenvalue weighted by Crippen LogP contribution is 2.24. The van der Waals surface area contributed by atoms with Crippen LogP contribution < -0.4 is 4.74 Å². The van der Waals surface area contributed by atoms with Crippen LogP contribution in [0.5, 0.6) is 5.75 Å². The van der Waals surface area contributed by atoms with Gasteiger partial charge in [0.15, 0.2) is 0 Å². The summed E-state index contributed by atoms with van der Waals surface area (Å²) in [5.41, 5.74) is 3.00. The van der Waals surface area contributed by atoms with Crippen molar-refractivity contribution in [2.45, 2.75) is 32.8 Å². The van der Waals surface area contributed by atoms with E-state index in [4.69, 9.17) is 4.74 Å². The fourth-order valence-corrected chi connectivity index (χ4v) is 1.99. The summed E-state index contributed by atoms with van der Waals surface area (Å²) in [7, 11) is 0. The molecule has 0 aliphatic rings. The highest BCUT2D eigenvalue weighted by atomic mass is 16.5. The van der Waals surface area contributed by atoms with Crippen molar-refractivity contribution in [2.75, 3.05) is 0 Å². The van der Waals surface area contributed by atoms with E-state index < -0.39 is 0 Å². The lowest BCUT2D eigenvalue weighted by Crippen LogP contribution is -2.10. The molecule has 104 valence electrons. The van der Waals surface area contributed by atoms with E-state index in [0.717, 1.165) is 17.6 Å². The normalized spacial score (nSPS) is 11.2. The summed E-state index contributed by atoms with van der Waals surface area (Å²) in [6.07, 6.45) is 0.862. The van der Waals surface area contributed by atoms with Gasteiger partial charge >= 0.3 is 0 Å². The predicted molar refractivity (Wildman–Crippen MR) is 81.3 cm³/mol. The highest BCUT2D eigenvalue weighted by Gasteiger charge is 2.13. The zero-order valence-electron chi connectivity index (χ0n) is 12.2. The number of rotatable bonds is 4. The molecule has 2 nitrogen and oxygen atoms in total. The molecule has 0 amide bonds. The predicted octanol–water partition coefficient (Wildman–Crippen LogP) is 4.38. The van der Waals surface area contributed by atoms with Crippen LogP contribution in [0.1, 0.15) is 42.3 Å². The maximum atomic E-state index is 10.9. The van der Waals surface area contributed by atoms with Crippen LogP contribution in [0.15, 0.2) is 48.5 Å². The van der Waals surface area contributed by atoms with Crippen LogP contribution in [-0.4, -0.2) is 6.29 Å². The lowest BCUT2D eigenvalue weighted by Gasteiger charge is -2.19. The molecule has 0 N–H and O–H groups in total. The van der Waals surface area contributed by atoms with Gasteiger partial charge in [0, 0.05) is 5.56 Å². The van der Waals surface area contributed by atoms with E-state index in [1.54, 1.807) is 6.07 Å². The maximum Gasteiger partial charge on any atom is 0.150 e. The molecule has 0 aliphatic carbocycles. The number of aldehydes is 1. The van der Waals surface area contributed by atoms with Crippen molar-refractivity contribution in [3.63, 3.8) is 0 Å². The van der Waals surface area contributed by atoms with E-state index in [-0.39, 0.29) is 5.41 Å². The van der Waals surface area contributed by atoms with Crippen LogP contribution in [0.2, 0.25) is 0 Å².